The standard InChI is InChI=1S/C18H26N2O2S/c1-14-6-7-15-4-2-3-5-16(15)20(14)10-8-17(21)19-12-18(22)9-11-23-13-18/h2-5,14,22H,6-13H2,1H3,(H,19,21). The van der Waals surface area contributed by atoms with Gasteiger partial charge in [0.2, 0.25) is 5.91 Å². The third-order valence-corrected chi connectivity index (χ3v) is 6.18. The lowest BCUT2D eigenvalue weighted by molar-refractivity contribution is -0.122. The number of aryl methyl sites for hydroxylation is 1. The fraction of sp³-hybridized carbons (Fsp3) is 0.611. The van der Waals surface area contributed by atoms with E-state index in [-0.39, 0.29) is 5.91 Å². The van der Waals surface area contributed by atoms with Gasteiger partial charge in [0, 0.05) is 37.0 Å². The minimum Gasteiger partial charge on any atom is -0.387 e. The fourth-order valence-electron chi connectivity index (χ4n) is 3.41. The maximum atomic E-state index is 12.1. The summed E-state index contributed by atoms with van der Waals surface area (Å²) in [7, 11) is 0. The number of nitrogens with one attached hydrogen (secondary N) is 1. The summed E-state index contributed by atoms with van der Waals surface area (Å²) in [5, 5.41) is 13.2. The second-order valence-corrected chi connectivity index (χ2v) is 7.87. The van der Waals surface area contributed by atoms with Crippen molar-refractivity contribution in [1.82, 2.24) is 5.32 Å². The Kier molecular flexibility index (Phi) is 5.17. The lowest BCUT2D eigenvalue weighted by Gasteiger charge is -2.37. The lowest BCUT2D eigenvalue weighted by atomic mass is 9.96. The Labute approximate surface area is 142 Å². The van der Waals surface area contributed by atoms with Crippen LogP contribution in [0.3, 0.4) is 0 Å². The maximum Gasteiger partial charge on any atom is 0.221 e. The second kappa shape index (κ2) is 7.14. The number of nitrogens with zero attached hydrogens (tertiary/aromatic N) is 1. The van der Waals surface area contributed by atoms with Crippen LogP contribution in [0.5, 0.6) is 0 Å². The highest BCUT2D eigenvalue weighted by molar-refractivity contribution is 7.99. The van der Waals surface area contributed by atoms with Crippen molar-refractivity contribution in [2.45, 2.75) is 44.2 Å². The van der Waals surface area contributed by atoms with Crippen molar-refractivity contribution in [1.29, 1.82) is 0 Å². The van der Waals surface area contributed by atoms with Crippen LogP contribution in [0.15, 0.2) is 24.3 Å². The summed E-state index contributed by atoms with van der Waals surface area (Å²) < 4.78 is 0. The second-order valence-electron chi connectivity index (χ2n) is 6.76. The zero-order chi connectivity index (χ0) is 16.3. The molecule has 1 aromatic rings. The van der Waals surface area contributed by atoms with E-state index in [1.165, 1.54) is 11.3 Å². The molecule has 0 aromatic heterocycles. The minimum absolute atomic E-state index is 0.0329. The van der Waals surface area contributed by atoms with Gasteiger partial charge < -0.3 is 15.3 Å². The van der Waals surface area contributed by atoms with Gasteiger partial charge in [0.15, 0.2) is 0 Å². The van der Waals surface area contributed by atoms with Crippen LogP contribution in [0.4, 0.5) is 5.69 Å². The molecular formula is C18H26N2O2S. The quantitative estimate of drug-likeness (QED) is 0.867. The first kappa shape index (κ1) is 16.7. The van der Waals surface area contributed by atoms with Crippen LogP contribution in [0.25, 0.3) is 0 Å². The van der Waals surface area contributed by atoms with Gasteiger partial charge in [-0.25, -0.2) is 0 Å². The molecule has 23 heavy (non-hydrogen) atoms. The van der Waals surface area contributed by atoms with Gasteiger partial charge in [0.1, 0.15) is 0 Å². The van der Waals surface area contributed by atoms with Crippen LogP contribution in [0.2, 0.25) is 0 Å². The average Bonchev–Trinajstić information content (AvgIpc) is 2.99. The van der Waals surface area contributed by atoms with Crippen LogP contribution in [0.1, 0.15) is 31.7 Å². The van der Waals surface area contributed by atoms with E-state index in [2.05, 4.69) is 41.4 Å². The number of anilines is 1. The van der Waals surface area contributed by atoms with Gasteiger partial charge >= 0.3 is 0 Å². The highest BCUT2D eigenvalue weighted by Gasteiger charge is 2.32. The van der Waals surface area contributed by atoms with Crippen molar-refractivity contribution >= 4 is 23.4 Å². The molecule has 2 aliphatic heterocycles. The molecule has 5 heteroatoms. The molecule has 2 aliphatic rings. The number of para-hydroxylation sites is 1. The largest absolute Gasteiger partial charge is 0.387 e. The van der Waals surface area contributed by atoms with E-state index in [0.717, 1.165) is 37.3 Å². The van der Waals surface area contributed by atoms with Crippen molar-refractivity contribution in [2.24, 2.45) is 0 Å². The van der Waals surface area contributed by atoms with Crippen molar-refractivity contribution in [3.05, 3.63) is 29.8 Å². The molecule has 0 saturated carbocycles. The molecule has 2 heterocycles. The van der Waals surface area contributed by atoms with Crippen LogP contribution < -0.4 is 10.2 Å². The van der Waals surface area contributed by atoms with E-state index in [1.54, 1.807) is 11.8 Å². The summed E-state index contributed by atoms with van der Waals surface area (Å²) in [5.41, 5.74) is 1.94. The van der Waals surface area contributed by atoms with Gasteiger partial charge in [-0.15, -0.1) is 0 Å². The van der Waals surface area contributed by atoms with Crippen LogP contribution in [0, 0.1) is 0 Å². The molecule has 2 N–H and O–H groups in total. The predicted molar refractivity (Wildman–Crippen MR) is 96.1 cm³/mol. The number of hydrogen-bond donors (Lipinski definition) is 2. The summed E-state index contributed by atoms with van der Waals surface area (Å²) in [6.07, 6.45) is 3.50. The van der Waals surface area contributed by atoms with Gasteiger partial charge in [-0.05, 0) is 43.6 Å². The first-order valence-electron chi connectivity index (χ1n) is 8.49. The van der Waals surface area contributed by atoms with E-state index in [4.69, 9.17) is 0 Å². The Hall–Kier alpha value is -1.20. The van der Waals surface area contributed by atoms with Crippen molar-refractivity contribution in [3.8, 4) is 0 Å². The van der Waals surface area contributed by atoms with Crippen LogP contribution in [-0.2, 0) is 11.2 Å². The topological polar surface area (TPSA) is 52.6 Å². The van der Waals surface area contributed by atoms with E-state index in [1.807, 2.05) is 0 Å². The third kappa shape index (κ3) is 4.01. The molecule has 4 nitrogen and oxygen atoms in total. The zero-order valence-electron chi connectivity index (χ0n) is 13.8. The smallest absolute Gasteiger partial charge is 0.221 e. The summed E-state index contributed by atoms with van der Waals surface area (Å²) >= 11 is 1.75. The first-order chi connectivity index (χ1) is 11.1. The molecule has 0 bridgehead atoms. The average molecular weight is 334 g/mol. The summed E-state index contributed by atoms with van der Waals surface area (Å²) in [5.74, 6) is 1.74. The minimum atomic E-state index is -0.703. The number of amides is 1. The number of thioether (sulfide) groups is 1. The molecule has 126 valence electrons. The van der Waals surface area contributed by atoms with Gasteiger partial charge in [0.25, 0.3) is 0 Å². The molecule has 1 amide bonds. The highest BCUT2D eigenvalue weighted by Crippen LogP contribution is 2.30. The number of hydrogen-bond acceptors (Lipinski definition) is 4. The van der Waals surface area contributed by atoms with Gasteiger partial charge in [0.05, 0.1) is 5.60 Å². The number of rotatable bonds is 5. The molecule has 0 spiro atoms. The molecular weight excluding hydrogens is 308 g/mol. The zero-order valence-corrected chi connectivity index (χ0v) is 14.6. The Morgan fingerprint density at radius 3 is 3.09 bits per heavy atom. The first-order valence-corrected chi connectivity index (χ1v) is 9.64. The molecule has 0 radical (unpaired) electrons. The Morgan fingerprint density at radius 1 is 1.48 bits per heavy atom. The summed E-state index contributed by atoms with van der Waals surface area (Å²) in [6.45, 7) is 3.34. The number of carbonyl (C=O) groups excluding carboxylic acids is 1. The predicted octanol–water partition coefficient (Wildman–Crippen LogP) is 2.20. The monoisotopic (exact) mass is 334 g/mol. The van der Waals surface area contributed by atoms with E-state index in [9.17, 15) is 9.90 Å². The normalized spacial score (nSPS) is 26.9. The van der Waals surface area contributed by atoms with Crippen molar-refractivity contribution < 1.29 is 9.90 Å². The van der Waals surface area contributed by atoms with Gasteiger partial charge in [-0.3, -0.25) is 4.79 Å². The Balaban J connectivity index is 1.52. The molecule has 2 atom stereocenters. The number of aliphatic hydroxyl groups is 1. The lowest BCUT2D eigenvalue weighted by Crippen LogP contribution is -2.44. The molecule has 1 fully saturated rings. The van der Waals surface area contributed by atoms with E-state index < -0.39 is 5.60 Å². The number of fused-ring (bicyclic) bond motifs is 1. The fourth-order valence-corrected chi connectivity index (χ4v) is 4.71. The SMILES string of the molecule is CC1CCc2ccccc2N1CCC(=O)NCC1(O)CCSC1. The molecule has 0 aliphatic carbocycles. The van der Waals surface area contributed by atoms with Crippen molar-refractivity contribution in [2.75, 3.05) is 29.5 Å². The van der Waals surface area contributed by atoms with Gasteiger partial charge in [-0.2, -0.15) is 11.8 Å². The van der Waals surface area contributed by atoms with Crippen LogP contribution in [-0.4, -0.2) is 47.3 Å². The molecule has 2 unspecified atom stereocenters. The summed E-state index contributed by atoms with van der Waals surface area (Å²) in [4.78, 5) is 14.5. The number of benzene rings is 1. The third-order valence-electron chi connectivity index (χ3n) is 4.94. The van der Waals surface area contributed by atoms with Crippen molar-refractivity contribution in [3.63, 3.8) is 0 Å². The van der Waals surface area contributed by atoms with E-state index in [0.29, 0.717) is 19.0 Å². The molecule has 1 aromatic carbocycles. The Morgan fingerprint density at radius 2 is 2.30 bits per heavy atom. The van der Waals surface area contributed by atoms with Crippen LogP contribution >= 0.6 is 11.8 Å². The number of carbonyl (C=O) groups is 1. The maximum absolute atomic E-state index is 12.1. The summed E-state index contributed by atoms with van der Waals surface area (Å²) in [6, 6.07) is 8.95. The Bertz CT molecular complexity index is 558. The van der Waals surface area contributed by atoms with E-state index >= 15 is 0 Å². The van der Waals surface area contributed by atoms with Gasteiger partial charge in [-0.1, -0.05) is 18.2 Å². The highest BCUT2D eigenvalue weighted by atomic mass is 32.2. The molecule has 3 rings (SSSR count). The molecule has 1 saturated heterocycles.